The molecule has 0 amide bonds. The summed E-state index contributed by atoms with van der Waals surface area (Å²) in [5, 5.41) is 8.06. The maximum atomic E-state index is 11.1. The highest BCUT2D eigenvalue weighted by atomic mass is 16.5. The van der Waals surface area contributed by atoms with E-state index in [-0.39, 0.29) is 19.8 Å². The fourth-order valence-electron chi connectivity index (χ4n) is 0.610. The van der Waals surface area contributed by atoms with Gasteiger partial charge in [-0.25, -0.2) is 9.79 Å². The zero-order valence-corrected chi connectivity index (χ0v) is 7.73. The average Bonchev–Trinajstić information content (AvgIpc) is 2.20. The Kier molecular flexibility index (Phi) is 6.74. The summed E-state index contributed by atoms with van der Waals surface area (Å²) < 4.78 is 9.06. The monoisotopic (exact) mass is 198 g/mol. The number of esters is 1. The molecule has 0 heterocycles. The van der Waals surface area contributed by atoms with Crippen LogP contribution in [-0.2, 0) is 19.1 Å². The SMILES string of the molecule is CC(COC#N)C(=O)OCCN=C=O. The van der Waals surface area contributed by atoms with Crippen molar-refractivity contribution in [2.75, 3.05) is 19.8 Å². The van der Waals surface area contributed by atoms with Crippen molar-refractivity contribution in [3.05, 3.63) is 0 Å². The minimum Gasteiger partial charge on any atom is -0.463 e. The fourth-order valence-corrected chi connectivity index (χ4v) is 0.610. The zero-order valence-electron chi connectivity index (χ0n) is 7.73. The lowest BCUT2D eigenvalue weighted by molar-refractivity contribution is -0.148. The number of hydrogen-bond donors (Lipinski definition) is 0. The van der Waals surface area contributed by atoms with Crippen LogP contribution in [0.5, 0.6) is 0 Å². The molecular weight excluding hydrogens is 188 g/mol. The Hall–Kier alpha value is -1.86. The standard InChI is InChI=1S/C8H10N2O4/c1-7(4-13-5-9)8(12)14-3-2-10-6-11/h7H,2-4H2,1H3. The predicted molar refractivity (Wildman–Crippen MR) is 44.7 cm³/mol. The Labute approximate surface area is 81.1 Å². The van der Waals surface area contributed by atoms with E-state index in [0.717, 1.165) is 0 Å². The number of aliphatic imine (C=N–C) groups is 1. The van der Waals surface area contributed by atoms with Gasteiger partial charge in [0.2, 0.25) is 6.08 Å². The zero-order chi connectivity index (χ0) is 10.8. The summed E-state index contributed by atoms with van der Waals surface area (Å²) in [7, 11) is 0. The normalized spacial score (nSPS) is 10.6. The number of nitrogens with zero attached hydrogens (tertiary/aromatic N) is 2. The van der Waals surface area contributed by atoms with Gasteiger partial charge in [0.15, 0.2) is 0 Å². The lowest BCUT2D eigenvalue weighted by atomic mass is 10.2. The summed E-state index contributed by atoms with van der Waals surface area (Å²) in [6.45, 7) is 1.70. The van der Waals surface area contributed by atoms with E-state index in [1.54, 1.807) is 6.92 Å². The first kappa shape index (κ1) is 12.1. The molecule has 0 fully saturated rings. The molecule has 0 aromatic heterocycles. The van der Waals surface area contributed by atoms with Crippen LogP contribution in [0.15, 0.2) is 4.99 Å². The van der Waals surface area contributed by atoms with E-state index in [4.69, 9.17) is 10.00 Å². The predicted octanol–water partition coefficient (Wildman–Crippen LogP) is -0.000820. The molecule has 14 heavy (non-hydrogen) atoms. The summed E-state index contributed by atoms with van der Waals surface area (Å²) in [5.74, 6) is -0.990. The van der Waals surface area contributed by atoms with Crippen molar-refractivity contribution in [1.82, 2.24) is 0 Å². The van der Waals surface area contributed by atoms with Gasteiger partial charge in [0.1, 0.15) is 13.2 Å². The second-order valence-corrected chi connectivity index (χ2v) is 2.44. The fraction of sp³-hybridized carbons (Fsp3) is 0.625. The molecule has 0 radical (unpaired) electrons. The van der Waals surface area contributed by atoms with E-state index in [2.05, 4.69) is 9.73 Å². The third-order valence-electron chi connectivity index (χ3n) is 1.31. The molecule has 0 saturated heterocycles. The molecule has 0 spiro atoms. The van der Waals surface area contributed by atoms with Crippen LogP contribution in [0, 0.1) is 17.4 Å². The molecule has 76 valence electrons. The van der Waals surface area contributed by atoms with E-state index in [1.807, 2.05) is 0 Å². The number of isocyanates is 1. The first-order chi connectivity index (χ1) is 6.72. The van der Waals surface area contributed by atoms with Crippen molar-refractivity contribution in [2.45, 2.75) is 6.92 Å². The van der Waals surface area contributed by atoms with E-state index in [0.29, 0.717) is 0 Å². The number of carbonyl (C=O) groups is 1. The van der Waals surface area contributed by atoms with Crippen molar-refractivity contribution in [1.29, 1.82) is 5.26 Å². The maximum absolute atomic E-state index is 11.1. The van der Waals surface area contributed by atoms with Crippen LogP contribution in [0.4, 0.5) is 0 Å². The molecule has 0 saturated carbocycles. The van der Waals surface area contributed by atoms with E-state index in [9.17, 15) is 9.59 Å². The topological polar surface area (TPSA) is 88.8 Å². The Morgan fingerprint density at radius 3 is 2.93 bits per heavy atom. The largest absolute Gasteiger partial charge is 0.463 e. The van der Waals surface area contributed by atoms with Gasteiger partial charge in [-0.3, -0.25) is 4.79 Å². The third-order valence-corrected chi connectivity index (χ3v) is 1.31. The molecule has 0 bridgehead atoms. The quantitative estimate of drug-likeness (QED) is 0.197. The molecule has 0 aliphatic heterocycles. The highest BCUT2D eigenvalue weighted by molar-refractivity contribution is 5.72. The van der Waals surface area contributed by atoms with Gasteiger partial charge in [0, 0.05) is 0 Å². The number of ether oxygens (including phenoxy) is 2. The second kappa shape index (κ2) is 7.77. The van der Waals surface area contributed by atoms with Crippen molar-refractivity contribution >= 4 is 12.0 Å². The van der Waals surface area contributed by atoms with Crippen molar-refractivity contribution in [3.63, 3.8) is 0 Å². The highest BCUT2D eigenvalue weighted by Gasteiger charge is 2.14. The number of nitriles is 1. The van der Waals surface area contributed by atoms with Gasteiger partial charge < -0.3 is 9.47 Å². The van der Waals surface area contributed by atoms with E-state index >= 15 is 0 Å². The molecule has 6 nitrogen and oxygen atoms in total. The summed E-state index contributed by atoms with van der Waals surface area (Å²) in [6.07, 6.45) is 2.77. The Bertz CT molecular complexity index is 265. The van der Waals surface area contributed by atoms with Gasteiger partial charge in [-0.15, -0.1) is 0 Å². The van der Waals surface area contributed by atoms with Crippen LogP contribution in [0.3, 0.4) is 0 Å². The van der Waals surface area contributed by atoms with Gasteiger partial charge in [-0.05, 0) is 6.92 Å². The van der Waals surface area contributed by atoms with Crippen LogP contribution < -0.4 is 0 Å². The van der Waals surface area contributed by atoms with Crippen molar-refractivity contribution in [2.24, 2.45) is 10.9 Å². The van der Waals surface area contributed by atoms with Crippen molar-refractivity contribution in [3.8, 4) is 6.26 Å². The van der Waals surface area contributed by atoms with Crippen LogP contribution in [-0.4, -0.2) is 31.8 Å². The first-order valence-corrected chi connectivity index (χ1v) is 3.93. The minimum absolute atomic E-state index is 0.00766. The first-order valence-electron chi connectivity index (χ1n) is 3.93. The molecule has 6 heteroatoms. The molecule has 0 aliphatic carbocycles. The number of hydrogen-bond acceptors (Lipinski definition) is 6. The molecule has 0 N–H and O–H groups in total. The van der Waals surface area contributed by atoms with Crippen molar-refractivity contribution < 1.29 is 19.1 Å². The van der Waals surface area contributed by atoms with E-state index < -0.39 is 11.9 Å². The van der Waals surface area contributed by atoms with Gasteiger partial charge in [0.05, 0.1) is 12.5 Å². The highest BCUT2D eigenvalue weighted by Crippen LogP contribution is 1.98. The lowest BCUT2D eigenvalue weighted by Crippen LogP contribution is -2.20. The Morgan fingerprint density at radius 2 is 2.36 bits per heavy atom. The van der Waals surface area contributed by atoms with Gasteiger partial charge >= 0.3 is 5.97 Å². The summed E-state index contributed by atoms with van der Waals surface area (Å²) >= 11 is 0. The average molecular weight is 198 g/mol. The lowest BCUT2D eigenvalue weighted by Gasteiger charge is -2.07. The number of carbonyl (C=O) groups excluding carboxylic acids is 2. The summed E-state index contributed by atoms with van der Waals surface area (Å²) in [5.41, 5.74) is 0. The van der Waals surface area contributed by atoms with Crippen LogP contribution >= 0.6 is 0 Å². The maximum Gasteiger partial charge on any atom is 0.312 e. The molecular formula is C8H10N2O4. The molecule has 0 aromatic rings. The molecule has 0 aromatic carbocycles. The number of rotatable bonds is 6. The Morgan fingerprint density at radius 1 is 1.64 bits per heavy atom. The minimum atomic E-state index is -0.505. The second-order valence-electron chi connectivity index (χ2n) is 2.44. The Balaban J connectivity index is 3.62. The van der Waals surface area contributed by atoms with Gasteiger partial charge in [-0.1, -0.05) is 0 Å². The van der Waals surface area contributed by atoms with E-state index in [1.165, 1.54) is 12.3 Å². The molecule has 1 unspecified atom stereocenters. The van der Waals surface area contributed by atoms with Gasteiger partial charge in [0.25, 0.3) is 6.26 Å². The van der Waals surface area contributed by atoms with Crippen LogP contribution in [0.2, 0.25) is 0 Å². The van der Waals surface area contributed by atoms with Crippen LogP contribution in [0.25, 0.3) is 0 Å². The molecule has 0 aliphatic rings. The smallest absolute Gasteiger partial charge is 0.312 e. The van der Waals surface area contributed by atoms with Gasteiger partial charge in [-0.2, -0.15) is 5.26 Å². The third kappa shape index (κ3) is 5.75. The molecule has 0 rings (SSSR count). The van der Waals surface area contributed by atoms with Crippen LogP contribution in [0.1, 0.15) is 6.92 Å². The molecule has 1 atom stereocenters. The summed E-state index contributed by atoms with van der Waals surface area (Å²) in [6, 6.07) is 0. The summed E-state index contributed by atoms with van der Waals surface area (Å²) in [4.78, 5) is 23.9.